The van der Waals surface area contributed by atoms with E-state index >= 15 is 0 Å². The molecule has 2 aromatic heterocycles. The maximum absolute atomic E-state index is 13.7. The SMILES string of the molecule is CC.CCCCCCCOc1ccc(-c2cnc(-c3ccc(CC(NC(=O)c4ccc(C(C)(C)C)s4)C(=O)NC(C=O)Cc4ccccc4)cc3)nc2)cc1.CO. The Morgan fingerprint density at radius 1 is 0.754 bits per heavy atom. The van der Waals surface area contributed by atoms with Gasteiger partial charge in [0.2, 0.25) is 5.91 Å². The van der Waals surface area contributed by atoms with Gasteiger partial charge in [-0.15, -0.1) is 11.3 Å². The van der Waals surface area contributed by atoms with Crippen molar-refractivity contribution in [3.8, 4) is 28.3 Å². The van der Waals surface area contributed by atoms with Crippen LogP contribution in [0.25, 0.3) is 22.5 Å². The summed E-state index contributed by atoms with van der Waals surface area (Å²) >= 11 is 1.41. The van der Waals surface area contributed by atoms with Crippen LogP contribution in [0.3, 0.4) is 0 Å². The predicted molar refractivity (Wildman–Crippen MR) is 233 cm³/mol. The van der Waals surface area contributed by atoms with E-state index < -0.39 is 18.0 Å². The van der Waals surface area contributed by atoms with Crippen LogP contribution < -0.4 is 15.4 Å². The Kier molecular flexibility index (Phi) is 19.8. The third kappa shape index (κ3) is 15.0. The van der Waals surface area contributed by atoms with Crippen LogP contribution in [0.1, 0.15) is 99.3 Å². The Balaban J connectivity index is 0.00000211. The standard InChI is InChI=1S/C44H50N4O4S.C2H6.CH4O/c1-5-6-7-8-12-25-52-37-21-19-33(20-22-37)35-28-45-41(46-29-35)34-17-15-32(16-18-34)27-38(48-43(51)39-23-24-40(53-39)44(2,3)4)42(50)47-36(30-49)26-31-13-10-9-11-14-31;2*1-2/h9-11,13-24,28-30,36,38H,5-8,12,25-27H2,1-4H3,(H,47,50)(H,48,51);1-2H3;2H,1H3. The van der Waals surface area contributed by atoms with Crippen LogP contribution in [-0.4, -0.2) is 59.0 Å². The Morgan fingerprint density at radius 3 is 1.96 bits per heavy atom. The fourth-order valence-corrected chi connectivity index (χ4v) is 6.84. The molecular weight excluding hydrogens is 733 g/mol. The van der Waals surface area contributed by atoms with Gasteiger partial charge in [0.05, 0.1) is 17.5 Å². The van der Waals surface area contributed by atoms with Gasteiger partial charge in [-0.1, -0.05) is 134 Å². The van der Waals surface area contributed by atoms with E-state index in [1.165, 1.54) is 37.0 Å². The molecule has 0 radical (unpaired) electrons. The number of ether oxygens (including phenoxy) is 1. The maximum Gasteiger partial charge on any atom is 0.262 e. The lowest BCUT2D eigenvalue weighted by Gasteiger charge is -2.21. The smallest absolute Gasteiger partial charge is 0.262 e. The molecule has 2 heterocycles. The van der Waals surface area contributed by atoms with Crippen molar-refractivity contribution in [2.75, 3.05) is 13.7 Å². The molecule has 0 saturated heterocycles. The number of amides is 2. The van der Waals surface area contributed by atoms with Gasteiger partial charge in [-0.05, 0) is 59.2 Å². The number of hydrogen-bond donors (Lipinski definition) is 3. The molecule has 0 aliphatic carbocycles. The number of rotatable bonds is 18. The van der Waals surface area contributed by atoms with Crippen LogP contribution >= 0.6 is 11.3 Å². The molecule has 3 N–H and O–H groups in total. The molecule has 2 unspecified atom stereocenters. The first-order valence-electron chi connectivity index (χ1n) is 19.9. The van der Waals surface area contributed by atoms with Crippen LogP contribution in [0.4, 0.5) is 0 Å². The molecule has 0 bridgehead atoms. The van der Waals surface area contributed by atoms with Crippen molar-refractivity contribution < 1.29 is 24.2 Å². The molecule has 0 fully saturated rings. The predicted octanol–water partition coefficient (Wildman–Crippen LogP) is 9.42. The van der Waals surface area contributed by atoms with Crippen LogP contribution in [0.15, 0.2) is 103 Å². The van der Waals surface area contributed by atoms with Gasteiger partial charge in [0.25, 0.3) is 5.91 Å². The lowest BCUT2D eigenvalue weighted by atomic mass is 9.95. The Labute approximate surface area is 343 Å². The van der Waals surface area contributed by atoms with Crippen molar-refractivity contribution in [3.05, 3.63) is 124 Å². The first kappa shape index (κ1) is 46.2. The summed E-state index contributed by atoms with van der Waals surface area (Å²) in [5, 5.41) is 12.8. The number of unbranched alkanes of at least 4 members (excludes halogenated alkanes) is 4. The van der Waals surface area contributed by atoms with E-state index in [4.69, 9.17) is 9.84 Å². The molecule has 2 atom stereocenters. The second-order valence-electron chi connectivity index (χ2n) is 14.4. The zero-order valence-corrected chi connectivity index (χ0v) is 35.4. The van der Waals surface area contributed by atoms with Gasteiger partial charge in [0, 0.05) is 41.9 Å². The summed E-state index contributed by atoms with van der Waals surface area (Å²) < 4.78 is 5.91. The molecule has 0 spiro atoms. The minimum absolute atomic E-state index is 0.103. The molecule has 9 nitrogen and oxygen atoms in total. The molecule has 5 rings (SSSR count). The van der Waals surface area contributed by atoms with Crippen molar-refractivity contribution in [1.82, 2.24) is 20.6 Å². The lowest BCUT2D eigenvalue weighted by molar-refractivity contribution is -0.125. The van der Waals surface area contributed by atoms with Crippen molar-refractivity contribution in [1.29, 1.82) is 0 Å². The van der Waals surface area contributed by atoms with Crippen LogP contribution in [0.2, 0.25) is 0 Å². The van der Waals surface area contributed by atoms with Gasteiger partial charge < -0.3 is 25.3 Å². The van der Waals surface area contributed by atoms with Gasteiger partial charge in [-0.3, -0.25) is 9.59 Å². The molecule has 2 amide bonds. The molecule has 10 heteroatoms. The molecular formula is C47H60N4O5S. The number of nitrogens with zero attached hydrogens (tertiary/aromatic N) is 2. The van der Waals surface area contributed by atoms with E-state index in [9.17, 15) is 14.4 Å². The Morgan fingerprint density at radius 2 is 1.37 bits per heavy atom. The third-order valence-electron chi connectivity index (χ3n) is 8.99. The molecule has 57 heavy (non-hydrogen) atoms. The first-order valence-corrected chi connectivity index (χ1v) is 20.7. The number of hydrogen-bond acceptors (Lipinski definition) is 8. The second-order valence-corrected chi connectivity index (χ2v) is 15.4. The van der Waals surface area contributed by atoms with Crippen molar-refractivity contribution in [2.45, 2.75) is 104 Å². The number of thiophene rings is 1. The highest BCUT2D eigenvalue weighted by atomic mass is 32.1. The molecule has 3 aromatic carbocycles. The Hall–Kier alpha value is -5.19. The number of carbonyl (C=O) groups excluding carboxylic acids is 3. The molecule has 304 valence electrons. The number of aldehydes is 1. The summed E-state index contributed by atoms with van der Waals surface area (Å²) in [7, 11) is 1.00. The fraction of sp³-hybridized carbons (Fsp3) is 0.383. The van der Waals surface area contributed by atoms with Gasteiger partial charge >= 0.3 is 0 Å². The lowest BCUT2D eigenvalue weighted by Crippen LogP contribution is -2.51. The number of aliphatic hydroxyl groups excluding tert-OH is 1. The van der Waals surface area contributed by atoms with Gasteiger partial charge in [0.1, 0.15) is 18.1 Å². The number of carbonyl (C=O) groups is 3. The van der Waals surface area contributed by atoms with Crippen molar-refractivity contribution in [3.63, 3.8) is 0 Å². The molecule has 5 aromatic rings. The van der Waals surface area contributed by atoms with Crippen molar-refractivity contribution in [2.24, 2.45) is 0 Å². The number of aromatic nitrogens is 2. The monoisotopic (exact) mass is 792 g/mol. The third-order valence-corrected chi connectivity index (χ3v) is 10.5. The normalized spacial score (nSPS) is 11.8. The average Bonchev–Trinajstić information content (AvgIpc) is 3.76. The fourth-order valence-electron chi connectivity index (χ4n) is 5.88. The summed E-state index contributed by atoms with van der Waals surface area (Å²) in [5.74, 6) is 0.677. The van der Waals surface area contributed by atoms with Crippen LogP contribution in [0.5, 0.6) is 5.75 Å². The topological polar surface area (TPSA) is 131 Å². The number of benzene rings is 3. The quantitative estimate of drug-likeness (QED) is 0.0596. The van der Waals surface area contributed by atoms with Crippen molar-refractivity contribution >= 4 is 29.4 Å². The summed E-state index contributed by atoms with van der Waals surface area (Å²) in [6.07, 6.45) is 11.0. The largest absolute Gasteiger partial charge is 0.494 e. The number of nitrogens with one attached hydrogen (secondary N) is 2. The summed E-state index contributed by atoms with van der Waals surface area (Å²) in [6, 6.07) is 27.2. The van der Waals surface area contributed by atoms with E-state index in [2.05, 4.69) is 48.3 Å². The average molecular weight is 793 g/mol. The van der Waals surface area contributed by atoms with E-state index in [1.54, 1.807) is 6.07 Å². The minimum atomic E-state index is -0.912. The highest BCUT2D eigenvalue weighted by Gasteiger charge is 2.26. The molecule has 0 aliphatic heterocycles. The second kappa shape index (κ2) is 24.4. The zero-order chi connectivity index (χ0) is 41.6. The summed E-state index contributed by atoms with van der Waals surface area (Å²) in [5.41, 5.74) is 4.39. The summed E-state index contributed by atoms with van der Waals surface area (Å²) in [4.78, 5) is 50.0. The van der Waals surface area contributed by atoms with Crippen LogP contribution in [0, 0.1) is 0 Å². The highest BCUT2D eigenvalue weighted by molar-refractivity contribution is 7.14. The highest BCUT2D eigenvalue weighted by Crippen LogP contribution is 2.30. The van der Waals surface area contributed by atoms with E-state index in [0.29, 0.717) is 17.1 Å². The van der Waals surface area contributed by atoms with E-state index in [0.717, 1.165) is 64.9 Å². The minimum Gasteiger partial charge on any atom is -0.494 e. The maximum atomic E-state index is 13.7. The number of aliphatic hydroxyl groups is 1. The molecule has 0 aliphatic rings. The van der Waals surface area contributed by atoms with Gasteiger partial charge in [-0.25, -0.2) is 9.97 Å². The van der Waals surface area contributed by atoms with Crippen LogP contribution in [-0.2, 0) is 27.8 Å². The Bertz CT molecular complexity index is 1910. The first-order chi connectivity index (χ1) is 27.6. The van der Waals surface area contributed by atoms with E-state index in [-0.39, 0.29) is 17.7 Å². The van der Waals surface area contributed by atoms with E-state index in [1.807, 2.05) is 111 Å². The molecule has 0 saturated carbocycles. The van der Waals surface area contributed by atoms with Gasteiger partial charge in [-0.2, -0.15) is 0 Å². The zero-order valence-electron chi connectivity index (χ0n) is 34.6. The van der Waals surface area contributed by atoms with Gasteiger partial charge in [0.15, 0.2) is 5.82 Å². The summed E-state index contributed by atoms with van der Waals surface area (Å²) in [6.45, 7) is 13.2.